The summed E-state index contributed by atoms with van der Waals surface area (Å²) in [4.78, 5) is 12.0. The maximum atomic E-state index is 12.0. The largest absolute Gasteiger partial charge is 0.496 e. The van der Waals surface area contributed by atoms with Crippen molar-refractivity contribution < 1.29 is 9.53 Å². The molecule has 0 N–H and O–H groups in total. The molecule has 0 amide bonds. The van der Waals surface area contributed by atoms with E-state index in [0.717, 1.165) is 5.56 Å². The van der Waals surface area contributed by atoms with Gasteiger partial charge in [-0.25, -0.2) is 0 Å². The zero-order valence-electron chi connectivity index (χ0n) is 9.76. The van der Waals surface area contributed by atoms with Gasteiger partial charge in [0.25, 0.3) is 0 Å². The number of carbonyl (C=O) groups excluding carboxylic acids is 1. The number of Topliss-reactive ketones (excluding diaryl/α,β-unsaturated/α-hetero) is 1. The molecule has 0 saturated heterocycles. The van der Waals surface area contributed by atoms with Crippen LogP contribution in [0.5, 0.6) is 5.75 Å². The number of hydrogen-bond acceptors (Lipinski definition) is 4. The molecular weight excluding hydrogens is 252 g/mol. The molecular formula is C13H11ClN2O2. The van der Waals surface area contributed by atoms with Crippen LogP contribution in [-0.4, -0.2) is 23.1 Å². The number of rotatable bonds is 4. The van der Waals surface area contributed by atoms with E-state index in [1.807, 2.05) is 0 Å². The van der Waals surface area contributed by atoms with Crippen molar-refractivity contribution >= 4 is 17.4 Å². The van der Waals surface area contributed by atoms with Gasteiger partial charge in [-0.15, -0.1) is 0 Å². The van der Waals surface area contributed by atoms with Crippen molar-refractivity contribution in [3.63, 3.8) is 0 Å². The second-order valence-electron chi connectivity index (χ2n) is 3.69. The minimum Gasteiger partial charge on any atom is -0.496 e. The molecule has 0 fully saturated rings. The van der Waals surface area contributed by atoms with Gasteiger partial charge in [0.1, 0.15) is 5.75 Å². The molecule has 0 bridgehead atoms. The van der Waals surface area contributed by atoms with E-state index >= 15 is 0 Å². The number of ketones is 1. The van der Waals surface area contributed by atoms with Crippen molar-refractivity contribution in [3.8, 4) is 5.75 Å². The van der Waals surface area contributed by atoms with Crippen molar-refractivity contribution in [3.05, 3.63) is 52.8 Å². The first-order valence-electron chi connectivity index (χ1n) is 5.33. The number of halogens is 1. The van der Waals surface area contributed by atoms with Gasteiger partial charge in [-0.2, -0.15) is 10.2 Å². The number of nitrogens with zero attached hydrogens (tertiary/aromatic N) is 2. The molecule has 0 aliphatic rings. The molecule has 0 atom stereocenters. The van der Waals surface area contributed by atoms with Gasteiger partial charge >= 0.3 is 0 Å². The van der Waals surface area contributed by atoms with Gasteiger partial charge in [0.2, 0.25) is 0 Å². The van der Waals surface area contributed by atoms with Crippen LogP contribution in [0.4, 0.5) is 0 Å². The molecule has 2 rings (SSSR count). The molecule has 1 heterocycles. The summed E-state index contributed by atoms with van der Waals surface area (Å²) < 4.78 is 5.20. The summed E-state index contributed by atoms with van der Waals surface area (Å²) in [6.45, 7) is 0. The Hall–Kier alpha value is -1.94. The normalized spacial score (nSPS) is 10.1. The van der Waals surface area contributed by atoms with Crippen LogP contribution in [0.2, 0.25) is 5.02 Å². The second kappa shape index (κ2) is 5.60. The van der Waals surface area contributed by atoms with Crippen LogP contribution in [-0.2, 0) is 6.42 Å². The fourth-order valence-corrected chi connectivity index (χ4v) is 1.81. The van der Waals surface area contributed by atoms with Crippen LogP contribution in [0.25, 0.3) is 0 Å². The van der Waals surface area contributed by atoms with E-state index in [0.29, 0.717) is 16.3 Å². The fourth-order valence-electron chi connectivity index (χ4n) is 1.62. The van der Waals surface area contributed by atoms with E-state index < -0.39 is 0 Å². The highest BCUT2D eigenvalue weighted by Crippen LogP contribution is 2.23. The summed E-state index contributed by atoms with van der Waals surface area (Å²) in [6, 6.07) is 6.83. The summed E-state index contributed by atoms with van der Waals surface area (Å²) in [5.74, 6) is 0.597. The van der Waals surface area contributed by atoms with E-state index in [4.69, 9.17) is 16.3 Å². The summed E-state index contributed by atoms with van der Waals surface area (Å²) >= 11 is 5.91. The lowest BCUT2D eigenvalue weighted by Crippen LogP contribution is -2.05. The molecule has 5 heteroatoms. The average molecular weight is 263 g/mol. The number of benzene rings is 1. The van der Waals surface area contributed by atoms with Crippen molar-refractivity contribution in [1.29, 1.82) is 0 Å². The Labute approximate surface area is 110 Å². The highest BCUT2D eigenvalue weighted by Gasteiger charge is 2.11. The van der Waals surface area contributed by atoms with Crippen LogP contribution in [0.3, 0.4) is 0 Å². The molecule has 0 spiro atoms. The Kier molecular flexibility index (Phi) is 3.89. The van der Waals surface area contributed by atoms with Gasteiger partial charge in [0.05, 0.1) is 19.5 Å². The Morgan fingerprint density at radius 1 is 1.33 bits per heavy atom. The van der Waals surface area contributed by atoms with E-state index in [1.54, 1.807) is 31.4 Å². The molecule has 0 aliphatic heterocycles. The first-order chi connectivity index (χ1) is 8.70. The molecule has 0 saturated carbocycles. The predicted molar refractivity (Wildman–Crippen MR) is 68.1 cm³/mol. The van der Waals surface area contributed by atoms with Gasteiger partial charge < -0.3 is 4.74 Å². The van der Waals surface area contributed by atoms with Gasteiger partial charge in [-0.05, 0) is 24.3 Å². The van der Waals surface area contributed by atoms with E-state index in [9.17, 15) is 4.79 Å². The minimum atomic E-state index is -0.0505. The molecule has 0 radical (unpaired) electrons. The van der Waals surface area contributed by atoms with Crippen LogP contribution in [0, 0.1) is 0 Å². The zero-order chi connectivity index (χ0) is 13.0. The summed E-state index contributed by atoms with van der Waals surface area (Å²) in [5, 5.41) is 7.89. The molecule has 4 nitrogen and oxygen atoms in total. The van der Waals surface area contributed by atoms with Gasteiger partial charge in [0, 0.05) is 22.6 Å². The van der Waals surface area contributed by atoms with Crippen LogP contribution in [0.1, 0.15) is 15.9 Å². The Balaban J connectivity index is 2.24. The van der Waals surface area contributed by atoms with Crippen LogP contribution in [0.15, 0.2) is 36.7 Å². The van der Waals surface area contributed by atoms with E-state index in [2.05, 4.69) is 10.2 Å². The lowest BCUT2D eigenvalue weighted by molar-refractivity contribution is 0.0991. The average Bonchev–Trinajstić information content (AvgIpc) is 2.40. The first kappa shape index (κ1) is 12.5. The molecule has 0 aliphatic carbocycles. The third kappa shape index (κ3) is 2.84. The Morgan fingerprint density at radius 2 is 2.17 bits per heavy atom. The van der Waals surface area contributed by atoms with E-state index in [1.165, 1.54) is 12.4 Å². The lowest BCUT2D eigenvalue weighted by atomic mass is 10.0. The SMILES string of the molecule is COc1ccc(Cl)cc1CC(=O)c1ccnnc1. The third-order valence-electron chi connectivity index (χ3n) is 2.50. The maximum Gasteiger partial charge on any atom is 0.169 e. The third-order valence-corrected chi connectivity index (χ3v) is 2.73. The minimum absolute atomic E-state index is 0.0505. The number of hydrogen-bond donors (Lipinski definition) is 0. The number of carbonyl (C=O) groups is 1. The molecule has 18 heavy (non-hydrogen) atoms. The first-order valence-corrected chi connectivity index (χ1v) is 5.71. The Morgan fingerprint density at radius 3 is 2.83 bits per heavy atom. The molecule has 2 aromatic rings. The predicted octanol–water partition coefficient (Wildman–Crippen LogP) is 2.56. The van der Waals surface area contributed by atoms with Gasteiger partial charge in [-0.1, -0.05) is 11.6 Å². The summed E-state index contributed by atoms with van der Waals surface area (Å²) in [7, 11) is 1.56. The van der Waals surface area contributed by atoms with Crippen LogP contribution < -0.4 is 4.74 Å². The highest BCUT2D eigenvalue weighted by atomic mass is 35.5. The molecule has 1 aromatic heterocycles. The number of methoxy groups -OCH3 is 1. The fraction of sp³-hybridized carbons (Fsp3) is 0.154. The quantitative estimate of drug-likeness (QED) is 0.795. The summed E-state index contributed by atoms with van der Waals surface area (Å²) in [5.41, 5.74) is 1.28. The number of aromatic nitrogens is 2. The highest BCUT2D eigenvalue weighted by molar-refractivity contribution is 6.30. The number of ether oxygens (including phenoxy) is 1. The topological polar surface area (TPSA) is 52.1 Å². The molecule has 92 valence electrons. The maximum absolute atomic E-state index is 12.0. The van der Waals surface area contributed by atoms with Crippen LogP contribution >= 0.6 is 11.6 Å². The zero-order valence-corrected chi connectivity index (χ0v) is 10.5. The van der Waals surface area contributed by atoms with Gasteiger partial charge in [-0.3, -0.25) is 4.79 Å². The van der Waals surface area contributed by atoms with Crippen molar-refractivity contribution in [2.24, 2.45) is 0 Å². The summed E-state index contributed by atoms with van der Waals surface area (Å²) in [6.07, 6.45) is 3.15. The van der Waals surface area contributed by atoms with Gasteiger partial charge in [0.15, 0.2) is 5.78 Å². The lowest BCUT2D eigenvalue weighted by Gasteiger charge is -2.08. The standard InChI is InChI=1S/C13H11ClN2O2/c1-18-13-3-2-11(14)6-10(13)7-12(17)9-4-5-15-16-8-9/h2-6,8H,7H2,1H3. The van der Waals surface area contributed by atoms with E-state index in [-0.39, 0.29) is 12.2 Å². The van der Waals surface area contributed by atoms with Crippen molar-refractivity contribution in [2.45, 2.75) is 6.42 Å². The second-order valence-corrected chi connectivity index (χ2v) is 4.12. The monoisotopic (exact) mass is 262 g/mol. The van der Waals surface area contributed by atoms with Crippen molar-refractivity contribution in [2.75, 3.05) is 7.11 Å². The molecule has 0 unspecified atom stereocenters. The Bertz CT molecular complexity index is 558. The van der Waals surface area contributed by atoms with Crippen molar-refractivity contribution in [1.82, 2.24) is 10.2 Å². The smallest absolute Gasteiger partial charge is 0.169 e. The molecule has 1 aromatic carbocycles.